The van der Waals surface area contributed by atoms with Gasteiger partial charge < -0.3 is 10.1 Å². The van der Waals surface area contributed by atoms with Crippen LogP contribution in [0.25, 0.3) is 0 Å². The Morgan fingerprint density at radius 3 is 2.38 bits per heavy atom. The van der Waals surface area contributed by atoms with E-state index in [9.17, 15) is 4.79 Å². The Balaban J connectivity index is 1.94. The molecule has 21 heavy (non-hydrogen) atoms. The van der Waals surface area contributed by atoms with E-state index in [0.717, 1.165) is 22.4 Å². The van der Waals surface area contributed by atoms with Gasteiger partial charge in [0.05, 0.1) is 6.10 Å². The number of hydrogen-bond donors (Lipinski definition) is 1. The number of nitrogens with one attached hydrogen (secondary N) is 1. The maximum absolute atomic E-state index is 12.1. The Kier molecular flexibility index (Phi) is 4.99. The van der Waals surface area contributed by atoms with E-state index in [0.29, 0.717) is 6.54 Å². The van der Waals surface area contributed by atoms with Crippen LogP contribution in [0.2, 0.25) is 0 Å². The summed E-state index contributed by atoms with van der Waals surface area (Å²) in [7, 11) is 0. The van der Waals surface area contributed by atoms with Crippen molar-refractivity contribution in [1.82, 2.24) is 5.32 Å². The number of amides is 1. The number of hydrogen-bond acceptors (Lipinski definition) is 2. The lowest BCUT2D eigenvalue weighted by Gasteiger charge is -2.11. The fraction of sp³-hybridized carbons (Fsp3) is 0.278. The summed E-state index contributed by atoms with van der Waals surface area (Å²) in [6, 6.07) is 15.4. The Morgan fingerprint density at radius 1 is 1.10 bits per heavy atom. The van der Waals surface area contributed by atoms with Crippen LogP contribution in [0.1, 0.15) is 35.3 Å². The van der Waals surface area contributed by atoms with Crippen LogP contribution < -0.4 is 10.1 Å². The molecule has 0 aliphatic carbocycles. The van der Waals surface area contributed by atoms with Crippen LogP contribution in [-0.4, -0.2) is 12.0 Å². The SMILES string of the molecule is Cc1ccccc1C(=O)NCc1ccc(OC(C)C)cc1. The molecule has 110 valence electrons. The highest BCUT2D eigenvalue weighted by Crippen LogP contribution is 2.14. The first-order chi connectivity index (χ1) is 10.1. The third-order valence-corrected chi connectivity index (χ3v) is 3.14. The van der Waals surface area contributed by atoms with E-state index >= 15 is 0 Å². The number of carbonyl (C=O) groups is 1. The minimum Gasteiger partial charge on any atom is -0.491 e. The summed E-state index contributed by atoms with van der Waals surface area (Å²) in [4.78, 5) is 12.1. The molecule has 0 fully saturated rings. The summed E-state index contributed by atoms with van der Waals surface area (Å²) < 4.78 is 5.59. The summed E-state index contributed by atoms with van der Waals surface area (Å²) in [6.07, 6.45) is 0.164. The molecule has 3 nitrogen and oxygen atoms in total. The van der Waals surface area contributed by atoms with Crippen molar-refractivity contribution in [2.24, 2.45) is 0 Å². The van der Waals surface area contributed by atoms with Crippen molar-refractivity contribution in [3.8, 4) is 5.75 Å². The minimum atomic E-state index is -0.0457. The van der Waals surface area contributed by atoms with Crippen molar-refractivity contribution in [3.63, 3.8) is 0 Å². The average Bonchev–Trinajstić information content (AvgIpc) is 2.46. The number of ether oxygens (including phenoxy) is 1. The molecule has 0 spiro atoms. The summed E-state index contributed by atoms with van der Waals surface area (Å²) >= 11 is 0. The normalized spacial score (nSPS) is 10.5. The maximum atomic E-state index is 12.1. The van der Waals surface area contributed by atoms with Gasteiger partial charge in [-0.05, 0) is 50.1 Å². The summed E-state index contributed by atoms with van der Waals surface area (Å²) in [6.45, 7) is 6.44. The maximum Gasteiger partial charge on any atom is 0.251 e. The van der Waals surface area contributed by atoms with Crippen molar-refractivity contribution in [2.45, 2.75) is 33.4 Å². The number of carbonyl (C=O) groups excluding carboxylic acids is 1. The molecule has 0 atom stereocenters. The molecule has 1 amide bonds. The molecule has 0 aliphatic heterocycles. The zero-order chi connectivity index (χ0) is 15.2. The molecular weight excluding hydrogens is 262 g/mol. The highest BCUT2D eigenvalue weighted by atomic mass is 16.5. The van der Waals surface area contributed by atoms with Crippen LogP contribution in [0, 0.1) is 6.92 Å². The van der Waals surface area contributed by atoms with E-state index in [2.05, 4.69) is 5.32 Å². The van der Waals surface area contributed by atoms with Crippen molar-refractivity contribution < 1.29 is 9.53 Å². The van der Waals surface area contributed by atoms with Gasteiger partial charge in [0, 0.05) is 12.1 Å². The largest absolute Gasteiger partial charge is 0.491 e. The van der Waals surface area contributed by atoms with E-state index in [1.165, 1.54) is 0 Å². The van der Waals surface area contributed by atoms with Crippen LogP contribution in [-0.2, 0) is 6.54 Å². The summed E-state index contributed by atoms with van der Waals surface area (Å²) in [5, 5.41) is 2.94. The van der Waals surface area contributed by atoms with Crippen molar-refractivity contribution in [3.05, 3.63) is 65.2 Å². The summed E-state index contributed by atoms with van der Waals surface area (Å²) in [5.41, 5.74) is 2.75. The molecule has 2 rings (SSSR count). The quantitative estimate of drug-likeness (QED) is 0.908. The van der Waals surface area contributed by atoms with Gasteiger partial charge in [0.15, 0.2) is 0 Å². The van der Waals surface area contributed by atoms with Crippen LogP contribution >= 0.6 is 0 Å². The second-order valence-corrected chi connectivity index (χ2v) is 5.31. The molecule has 0 heterocycles. The number of benzene rings is 2. The third-order valence-electron chi connectivity index (χ3n) is 3.14. The monoisotopic (exact) mass is 283 g/mol. The molecule has 0 radical (unpaired) electrons. The predicted molar refractivity (Wildman–Crippen MR) is 84.6 cm³/mol. The van der Waals surface area contributed by atoms with Crippen LogP contribution in [0.15, 0.2) is 48.5 Å². The molecular formula is C18H21NO2. The minimum absolute atomic E-state index is 0.0457. The lowest BCUT2D eigenvalue weighted by atomic mass is 10.1. The molecule has 2 aromatic carbocycles. The van der Waals surface area contributed by atoms with Crippen LogP contribution in [0.5, 0.6) is 5.75 Å². The fourth-order valence-corrected chi connectivity index (χ4v) is 2.06. The van der Waals surface area contributed by atoms with Crippen molar-refractivity contribution in [1.29, 1.82) is 0 Å². The molecule has 0 aliphatic rings. The van der Waals surface area contributed by atoms with E-state index in [1.807, 2.05) is 69.3 Å². The number of aryl methyl sites for hydroxylation is 1. The van der Waals surface area contributed by atoms with E-state index in [-0.39, 0.29) is 12.0 Å². The van der Waals surface area contributed by atoms with E-state index in [4.69, 9.17) is 4.74 Å². The molecule has 2 aromatic rings. The molecule has 0 unspecified atom stereocenters. The third kappa shape index (κ3) is 4.35. The Labute approximate surface area is 126 Å². The Morgan fingerprint density at radius 2 is 1.76 bits per heavy atom. The predicted octanol–water partition coefficient (Wildman–Crippen LogP) is 3.71. The lowest BCUT2D eigenvalue weighted by Crippen LogP contribution is -2.23. The number of rotatable bonds is 5. The highest BCUT2D eigenvalue weighted by molar-refractivity contribution is 5.95. The van der Waals surface area contributed by atoms with Gasteiger partial charge >= 0.3 is 0 Å². The second kappa shape index (κ2) is 6.93. The Bertz CT molecular complexity index is 603. The van der Waals surface area contributed by atoms with Gasteiger partial charge in [0.25, 0.3) is 5.91 Å². The molecule has 3 heteroatoms. The molecule has 0 saturated heterocycles. The second-order valence-electron chi connectivity index (χ2n) is 5.31. The van der Waals surface area contributed by atoms with E-state index in [1.54, 1.807) is 0 Å². The van der Waals surface area contributed by atoms with Gasteiger partial charge in [-0.15, -0.1) is 0 Å². The molecule has 0 bridgehead atoms. The zero-order valence-electron chi connectivity index (χ0n) is 12.7. The standard InChI is InChI=1S/C18H21NO2/c1-13(2)21-16-10-8-15(9-11-16)12-19-18(20)17-7-5-4-6-14(17)3/h4-11,13H,12H2,1-3H3,(H,19,20). The van der Waals surface area contributed by atoms with Gasteiger partial charge in [-0.3, -0.25) is 4.79 Å². The van der Waals surface area contributed by atoms with Gasteiger partial charge in [-0.2, -0.15) is 0 Å². The average molecular weight is 283 g/mol. The van der Waals surface area contributed by atoms with Crippen LogP contribution in [0.3, 0.4) is 0 Å². The van der Waals surface area contributed by atoms with Gasteiger partial charge in [0.2, 0.25) is 0 Å². The van der Waals surface area contributed by atoms with E-state index < -0.39 is 0 Å². The van der Waals surface area contributed by atoms with Gasteiger partial charge in [-0.1, -0.05) is 30.3 Å². The lowest BCUT2D eigenvalue weighted by molar-refractivity contribution is 0.0950. The van der Waals surface area contributed by atoms with Gasteiger partial charge in [0.1, 0.15) is 5.75 Å². The van der Waals surface area contributed by atoms with Crippen LogP contribution in [0.4, 0.5) is 0 Å². The highest BCUT2D eigenvalue weighted by Gasteiger charge is 2.07. The van der Waals surface area contributed by atoms with Crippen molar-refractivity contribution >= 4 is 5.91 Å². The van der Waals surface area contributed by atoms with Crippen molar-refractivity contribution in [2.75, 3.05) is 0 Å². The first-order valence-corrected chi connectivity index (χ1v) is 7.15. The molecule has 0 aromatic heterocycles. The first kappa shape index (κ1) is 15.1. The molecule has 0 saturated carbocycles. The Hall–Kier alpha value is -2.29. The zero-order valence-corrected chi connectivity index (χ0v) is 12.7. The summed E-state index contributed by atoms with van der Waals surface area (Å²) in [5.74, 6) is 0.801. The smallest absolute Gasteiger partial charge is 0.251 e. The first-order valence-electron chi connectivity index (χ1n) is 7.15. The topological polar surface area (TPSA) is 38.3 Å². The van der Waals surface area contributed by atoms with Gasteiger partial charge in [-0.25, -0.2) is 0 Å². The molecule has 1 N–H and O–H groups in total. The fourth-order valence-electron chi connectivity index (χ4n) is 2.06.